The summed E-state index contributed by atoms with van der Waals surface area (Å²) < 4.78 is 27.0. The van der Waals surface area contributed by atoms with E-state index in [9.17, 15) is 13.6 Å². The van der Waals surface area contributed by atoms with E-state index >= 15 is 0 Å². The van der Waals surface area contributed by atoms with Gasteiger partial charge in [-0.05, 0) is 28.5 Å². The van der Waals surface area contributed by atoms with Crippen molar-refractivity contribution >= 4 is 22.9 Å². The number of oxime groups is 1. The van der Waals surface area contributed by atoms with Crippen LogP contribution in [-0.4, -0.2) is 12.1 Å². The van der Waals surface area contributed by atoms with Crippen LogP contribution in [0.5, 0.6) is 0 Å². The highest BCUT2D eigenvalue weighted by molar-refractivity contribution is 6.08. The van der Waals surface area contributed by atoms with Crippen LogP contribution in [-0.2, 0) is 17.9 Å². The fourth-order valence-electron chi connectivity index (χ4n) is 2.74. The zero-order chi connectivity index (χ0) is 18.5. The van der Waals surface area contributed by atoms with Crippen molar-refractivity contribution in [1.29, 1.82) is 0 Å². The molecule has 3 rings (SSSR count). The number of nitrogens with two attached hydrogens (primary N) is 1. The third kappa shape index (κ3) is 3.69. The van der Waals surface area contributed by atoms with Gasteiger partial charge in [-0.25, -0.2) is 8.78 Å². The predicted octanol–water partition coefficient (Wildman–Crippen LogP) is 3.96. The zero-order valence-electron chi connectivity index (χ0n) is 13.8. The smallest absolute Gasteiger partial charge is 0.249 e. The largest absolute Gasteiger partial charge is 0.391 e. The fraction of sp³-hybridized carbons (Fsp3) is 0.100. The number of amides is 1. The molecule has 3 aromatic rings. The minimum Gasteiger partial charge on any atom is -0.391 e. The number of hydrogen-bond acceptors (Lipinski definition) is 3. The first-order chi connectivity index (χ1) is 12.6. The molecule has 0 heterocycles. The molecule has 0 atom stereocenters. The quantitative estimate of drug-likeness (QED) is 0.538. The zero-order valence-corrected chi connectivity index (χ0v) is 13.8. The van der Waals surface area contributed by atoms with Gasteiger partial charge in [-0.2, -0.15) is 0 Å². The maximum atomic E-state index is 13.5. The van der Waals surface area contributed by atoms with Crippen LogP contribution >= 0.6 is 0 Å². The van der Waals surface area contributed by atoms with Crippen molar-refractivity contribution in [3.05, 3.63) is 82.9 Å². The molecule has 0 saturated carbocycles. The maximum Gasteiger partial charge on any atom is 0.249 e. The molecular weight excluding hydrogens is 338 g/mol. The summed E-state index contributed by atoms with van der Waals surface area (Å²) in [5.41, 5.74) is 6.46. The Labute approximate surface area is 148 Å². The van der Waals surface area contributed by atoms with Crippen LogP contribution in [0.2, 0.25) is 0 Å². The van der Waals surface area contributed by atoms with Crippen LogP contribution < -0.4 is 5.73 Å². The van der Waals surface area contributed by atoms with Crippen LogP contribution in [0.15, 0.2) is 59.8 Å². The van der Waals surface area contributed by atoms with E-state index in [0.29, 0.717) is 17.5 Å². The minimum absolute atomic E-state index is 0.187. The van der Waals surface area contributed by atoms with Crippen LogP contribution in [0.25, 0.3) is 10.8 Å². The van der Waals surface area contributed by atoms with Gasteiger partial charge in [0.05, 0.1) is 11.1 Å². The molecule has 0 bridgehead atoms. The van der Waals surface area contributed by atoms with Crippen molar-refractivity contribution in [2.75, 3.05) is 0 Å². The molecule has 26 heavy (non-hydrogen) atoms. The summed E-state index contributed by atoms with van der Waals surface area (Å²) in [4.78, 5) is 16.8. The molecule has 6 heteroatoms. The molecule has 3 aromatic carbocycles. The van der Waals surface area contributed by atoms with Crippen molar-refractivity contribution in [3.63, 3.8) is 0 Å². The third-order valence-corrected chi connectivity index (χ3v) is 3.99. The number of carbonyl (C=O) groups excluding carboxylic acids is 1. The Hall–Kier alpha value is -3.28. The second-order valence-electron chi connectivity index (χ2n) is 5.65. The third-order valence-electron chi connectivity index (χ3n) is 3.99. The van der Waals surface area contributed by atoms with E-state index in [2.05, 4.69) is 5.16 Å². The van der Waals surface area contributed by atoms with Crippen LogP contribution in [0.1, 0.15) is 21.5 Å². The fourth-order valence-corrected chi connectivity index (χ4v) is 2.74. The van der Waals surface area contributed by atoms with Gasteiger partial charge in [-0.3, -0.25) is 4.79 Å². The highest BCUT2D eigenvalue weighted by atomic mass is 19.1. The molecule has 0 saturated heterocycles. The lowest BCUT2D eigenvalue weighted by Gasteiger charge is -2.08. The van der Waals surface area contributed by atoms with E-state index in [1.54, 1.807) is 6.07 Å². The van der Waals surface area contributed by atoms with E-state index in [-0.39, 0.29) is 12.2 Å². The summed E-state index contributed by atoms with van der Waals surface area (Å²) in [5, 5.41) is 5.39. The Morgan fingerprint density at radius 3 is 2.50 bits per heavy atom. The number of nitrogens with zero attached hydrogens (tertiary/aromatic N) is 1. The van der Waals surface area contributed by atoms with Gasteiger partial charge in [0, 0.05) is 12.6 Å². The van der Waals surface area contributed by atoms with Gasteiger partial charge in [-0.1, -0.05) is 47.6 Å². The standard InChI is InChI=1S/C20H16F2N2O2/c21-17-6-3-7-18(22)16(17)12-26-24-11-10-14-9-8-13-4-1-2-5-15(13)19(14)20(23)25/h1-9,11H,10,12H2,(H2,23,25). The first kappa shape index (κ1) is 17.5. The number of fused-ring (bicyclic) bond motifs is 1. The number of halogens is 2. The normalized spacial score (nSPS) is 11.2. The summed E-state index contributed by atoms with van der Waals surface area (Å²) in [6, 6.07) is 14.7. The molecule has 0 unspecified atom stereocenters. The van der Waals surface area contributed by atoms with Gasteiger partial charge >= 0.3 is 0 Å². The average molecular weight is 354 g/mol. The molecule has 0 radical (unpaired) electrons. The van der Waals surface area contributed by atoms with Gasteiger partial charge < -0.3 is 10.6 Å². The molecular formula is C20H16F2N2O2. The van der Waals surface area contributed by atoms with Gasteiger partial charge in [-0.15, -0.1) is 0 Å². The number of carbonyl (C=O) groups is 1. The lowest BCUT2D eigenvalue weighted by Crippen LogP contribution is -2.14. The maximum absolute atomic E-state index is 13.5. The summed E-state index contributed by atoms with van der Waals surface area (Å²) >= 11 is 0. The Morgan fingerprint density at radius 1 is 1.04 bits per heavy atom. The molecule has 4 nitrogen and oxygen atoms in total. The van der Waals surface area contributed by atoms with Crippen LogP contribution in [0.3, 0.4) is 0 Å². The van der Waals surface area contributed by atoms with Gasteiger partial charge in [0.2, 0.25) is 5.91 Å². The summed E-state index contributed by atoms with van der Waals surface area (Å²) in [5.74, 6) is -1.91. The second kappa shape index (κ2) is 7.74. The Morgan fingerprint density at radius 2 is 1.77 bits per heavy atom. The molecule has 0 spiro atoms. The predicted molar refractivity (Wildman–Crippen MR) is 95.8 cm³/mol. The average Bonchev–Trinajstić information content (AvgIpc) is 2.63. The lowest BCUT2D eigenvalue weighted by atomic mass is 9.97. The van der Waals surface area contributed by atoms with Gasteiger partial charge in [0.1, 0.15) is 18.2 Å². The van der Waals surface area contributed by atoms with Crippen molar-refractivity contribution in [1.82, 2.24) is 0 Å². The Balaban J connectivity index is 1.72. The SMILES string of the molecule is NC(=O)c1c(CC=NOCc2c(F)cccc2F)ccc2ccccc12. The summed E-state index contributed by atoms with van der Waals surface area (Å²) in [6.07, 6.45) is 1.72. The summed E-state index contributed by atoms with van der Waals surface area (Å²) in [7, 11) is 0. The first-order valence-corrected chi connectivity index (χ1v) is 7.95. The molecule has 0 aliphatic carbocycles. The number of benzene rings is 3. The number of rotatable bonds is 6. The second-order valence-corrected chi connectivity index (χ2v) is 5.65. The van der Waals surface area contributed by atoms with Crippen molar-refractivity contribution in [3.8, 4) is 0 Å². The topological polar surface area (TPSA) is 64.7 Å². The Bertz CT molecular complexity index is 966. The molecule has 0 fully saturated rings. The molecule has 132 valence electrons. The van der Waals surface area contributed by atoms with Crippen LogP contribution in [0, 0.1) is 11.6 Å². The molecule has 0 aromatic heterocycles. The highest BCUT2D eigenvalue weighted by Gasteiger charge is 2.12. The number of hydrogen-bond donors (Lipinski definition) is 1. The summed E-state index contributed by atoms with van der Waals surface area (Å²) in [6.45, 7) is -0.324. The monoisotopic (exact) mass is 354 g/mol. The van der Waals surface area contributed by atoms with E-state index in [1.165, 1.54) is 12.3 Å². The first-order valence-electron chi connectivity index (χ1n) is 7.95. The van der Waals surface area contributed by atoms with E-state index < -0.39 is 17.5 Å². The Kier molecular flexibility index (Phi) is 5.22. The molecule has 0 aliphatic rings. The van der Waals surface area contributed by atoms with Gasteiger partial charge in [0.15, 0.2) is 0 Å². The lowest BCUT2D eigenvalue weighted by molar-refractivity contribution is 0.100. The van der Waals surface area contributed by atoms with Crippen molar-refractivity contribution < 1.29 is 18.4 Å². The highest BCUT2D eigenvalue weighted by Crippen LogP contribution is 2.22. The molecule has 0 aliphatic heterocycles. The van der Waals surface area contributed by atoms with E-state index in [1.807, 2.05) is 30.3 Å². The van der Waals surface area contributed by atoms with E-state index in [0.717, 1.165) is 22.9 Å². The van der Waals surface area contributed by atoms with Crippen molar-refractivity contribution in [2.24, 2.45) is 10.9 Å². The van der Waals surface area contributed by atoms with Gasteiger partial charge in [0.25, 0.3) is 0 Å². The van der Waals surface area contributed by atoms with E-state index in [4.69, 9.17) is 10.6 Å². The molecule has 1 amide bonds. The minimum atomic E-state index is -0.689. The van der Waals surface area contributed by atoms with Crippen molar-refractivity contribution in [2.45, 2.75) is 13.0 Å². The van der Waals surface area contributed by atoms with Crippen LogP contribution in [0.4, 0.5) is 8.78 Å². The number of primary amides is 1. The molecule has 2 N–H and O–H groups in total.